The number of pyridine rings is 1. The van der Waals surface area contributed by atoms with Crippen molar-refractivity contribution in [2.45, 2.75) is 52.9 Å². The molecule has 2 heterocycles. The second kappa shape index (κ2) is 9.36. The fourth-order valence-electron chi connectivity index (χ4n) is 4.29. The largest absolute Gasteiger partial charge is 0.371 e. The van der Waals surface area contributed by atoms with Crippen LogP contribution in [0.1, 0.15) is 51.5 Å². The van der Waals surface area contributed by atoms with Gasteiger partial charge in [0.05, 0.1) is 5.52 Å². The van der Waals surface area contributed by atoms with Gasteiger partial charge in [-0.15, -0.1) is 0 Å². The van der Waals surface area contributed by atoms with E-state index in [0.717, 1.165) is 11.4 Å². The average Bonchev–Trinajstić information content (AvgIpc) is 2.68. The van der Waals surface area contributed by atoms with E-state index in [9.17, 15) is 0 Å². The lowest BCUT2D eigenvalue weighted by Crippen LogP contribution is -2.33. The molecule has 3 rings (SSSR count). The van der Waals surface area contributed by atoms with Crippen LogP contribution >= 0.6 is 0 Å². The van der Waals surface area contributed by atoms with Crippen molar-refractivity contribution in [2.24, 2.45) is 5.92 Å². The molecular weight excluding hydrogens is 318 g/mol. The number of unbranched alkanes of at least 4 members (excludes halogenated alkanes) is 1. The number of nitrogens with zero attached hydrogens (tertiary/aromatic N) is 3. The highest BCUT2D eigenvalue weighted by molar-refractivity contribution is 5.92. The molecule has 1 fully saturated rings. The molecule has 142 valence electrons. The van der Waals surface area contributed by atoms with Gasteiger partial charge in [0.25, 0.3) is 0 Å². The maximum absolute atomic E-state index is 4.54. The van der Waals surface area contributed by atoms with Crippen LogP contribution < -0.4 is 4.90 Å². The molecule has 0 radical (unpaired) electrons. The van der Waals surface area contributed by atoms with Crippen molar-refractivity contribution in [1.29, 1.82) is 0 Å². The lowest BCUT2D eigenvalue weighted by molar-refractivity contribution is 0.286. The Morgan fingerprint density at radius 3 is 2.58 bits per heavy atom. The van der Waals surface area contributed by atoms with Crippen molar-refractivity contribution in [2.75, 3.05) is 37.6 Å². The molecule has 0 bridgehead atoms. The molecule has 0 aliphatic carbocycles. The van der Waals surface area contributed by atoms with Gasteiger partial charge in [0.2, 0.25) is 0 Å². The van der Waals surface area contributed by atoms with E-state index in [2.05, 4.69) is 59.8 Å². The van der Waals surface area contributed by atoms with E-state index >= 15 is 0 Å². The Balaban J connectivity index is 1.51. The molecule has 0 unspecified atom stereocenters. The Kier molecular flexibility index (Phi) is 6.90. The van der Waals surface area contributed by atoms with Crippen molar-refractivity contribution in [1.82, 2.24) is 9.88 Å². The number of piperidine rings is 1. The molecule has 2 aromatic rings. The van der Waals surface area contributed by atoms with Gasteiger partial charge >= 0.3 is 0 Å². The molecule has 1 aliphatic rings. The summed E-state index contributed by atoms with van der Waals surface area (Å²) in [7, 11) is 0. The van der Waals surface area contributed by atoms with Gasteiger partial charge in [-0.3, -0.25) is 4.98 Å². The lowest BCUT2D eigenvalue weighted by Gasteiger charge is -2.34. The highest BCUT2D eigenvalue weighted by Crippen LogP contribution is 2.31. The molecule has 0 N–H and O–H groups in total. The monoisotopic (exact) mass is 353 g/mol. The number of fused-ring (bicyclic) bond motifs is 1. The Hall–Kier alpha value is -1.61. The highest BCUT2D eigenvalue weighted by atomic mass is 15.1. The molecule has 26 heavy (non-hydrogen) atoms. The fraction of sp³-hybridized carbons (Fsp3) is 0.609. The zero-order chi connectivity index (χ0) is 18.4. The molecule has 3 nitrogen and oxygen atoms in total. The predicted molar refractivity (Wildman–Crippen MR) is 113 cm³/mol. The summed E-state index contributed by atoms with van der Waals surface area (Å²) in [5.74, 6) is 0.915. The first kappa shape index (κ1) is 19.2. The van der Waals surface area contributed by atoms with Crippen LogP contribution in [0, 0.1) is 12.8 Å². The third-order valence-corrected chi connectivity index (χ3v) is 6.06. The first-order valence-electron chi connectivity index (χ1n) is 10.5. The number of hydrogen-bond donors (Lipinski definition) is 0. The van der Waals surface area contributed by atoms with Crippen molar-refractivity contribution in [3.05, 3.63) is 36.0 Å². The molecule has 0 spiro atoms. The number of aryl methyl sites for hydroxylation is 1. The second-order valence-electron chi connectivity index (χ2n) is 7.80. The Morgan fingerprint density at radius 1 is 1.08 bits per heavy atom. The molecule has 1 aromatic carbocycles. The molecule has 1 saturated heterocycles. The van der Waals surface area contributed by atoms with Crippen molar-refractivity contribution < 1.29 is 0 Å². The third-order valence-electron chi connectivity index (χ3n) is 6.06. The maximum atomic E-state index is 4.54. The van der Waals surface area contributed by atoms with Crippen LogP contribution in [-0.4, -0.2) is 42.6 Å². The maximum Gasteiger partial charge on any atom is 0.0722 e. The van der Waals surface area contributed by atoms with Crippen LogP contribution in [0.15, 0.2) is 30.5 Å². The topological polar surface area (TPSA) is 19.4 Å². The molecule has 3 heteroatoms. The summed E-state index contributed by atoms with van der Waals surface area (Å²) in [6.45, 7) is 12.7. The van der Waals surface area contributed by atoms with E-state index in [0.29, 0.717) is 0 Å². The van der Waals surface area contributed by atoms with Crippen LogP contribution in [0.25, 0.3) is 10.9 Å². The van der Waals surface area contributed by atoms with Crippen molar-refractivity contribution >= 4 is 16.6 Å². The van der Waals surface area contributed by atoms with Crippen LogP contribution in [0.5, 0.6) is 0 Å². The SMILES string of the molecule is CCN(CC)CCCCC1CCN(c2ccnc3ccc(C)cc23)CC1. The quantitative estimate of drug-likeness (QED) is 0.603. The van der Waals surface area contributed by atoms with E-state index < -0.39 is 0 Å². The first-order chi connectivity index (χ1) is 12.7. The van der Waals surface area contributed by atoms with Crippen LogP contribution in [0.4, 0.5) is 5.69 Å². The molecule has 0 amide bonds. The second-order valence-corrected chi connectivity index (χ2v) is 7.80. The van der Waals surface area contributed by atoms with Gasteiger partial charge in [-0.2, -0.15) is 0 Å². The Bertz CT molecular complexity index is 685. The van der Waals surface area contributed by atoms with Crippen LogP contribution in [0.3, 0.4) is 0 Å². The minimum atomic E-state index is 0.915. The van der Waals surface area contributed by atoms with Gasteiger partial charge in [0.1, 0.15) is 0 Å². The summed E-state index contributed by atoms with van der Waals surface area (Å²) >= 11 is 0. The fourth-order valence-corrected chi connectivity index (χ4v) is 4.29. The minimum absolute atomic E-state index is 0.915. The van der Waals surface area contributed by atoms with Gasteiger partial charge in [-0.1, -0.05) is 38.3 Å². The van der Waals surface area contributed by atoms with Crippen molar-refractivity contribution in [3.63, 3.8) is 0 Å². The van der Waals surface area contributed by atoms with E-state index in [-0.39, 0.29) is 0 Å². The van der Waals surface area contributed by atoms with E-state index in [1.807, 2.05) is 6.20 Å². The molecule has 0 atom stereocenters. The van der Waals surface area contributed by atoms with Crippen LogP contribution in [0.2, 0.25) is 0 Å². The number of aromatic nitrogens is 1. The predicted octanol–water partition coefficient (Wildman–Crippen LogP) is 5.27. The van der Waals surface area contributed by atoms with Crippen LogP contribution in [-0.2, 0) is 0 Å². The summed E-state index contributed by atoms with van der Waals surface area (Å²) in [4.78, 5) is 9.66. The van der Waals surface area contributed by atoms with Gasteiger partial charge in [0, 0.05) is 30.4 Å². The van der Waals surface area contributed by atoms with E-state index in [4.69, 9.17) is 0 Å². The zero-order valence-electron chi connectivity index (χ0n) is 16.9. The smallest absolute Gasteiger partial charge is 0.0722 e. The Morgan fingerprint density at radius 2 is 1.85 bits per heavy atom. The Labute approximate surface area is 159 Å². The summed E-state index contributed by atoms with van der Waals surface area (Å²) in [5, 5.41) is 1.31. The first-order valence-corrected chi connectivity index (χ1v) is 10.5. The molecule has 1 aliphatic heterocycles. The summed E-state index contributed by atoms with van der Waals surface area (Å²) in [6, 6.07) is 8.80. The average molecular weight is 354 g/mol. The van der Waals surface area contributed by atoms with E-state index in [1.54, 1.807) is 0 Å². The molecule has 0 saturated carbocycles. The lowest BCUT2D eigenvalue weighted by atomic mass is 9.91. The standard InChI is InChI=1S/C23H35N3/c1-4-25(5-2)15-7-6-8-20-12-16-26(17-13-20)23-11-14-24-22-10-9-19(3)18-21(22)23/h9-11,14,18,20H,4-8,12-13,15-17H2,1-3H3. The number of rotatable bonds is 8. The number of hydrogen-bond acceptors (Lipinski definition) is 3. The molecule has 1 aromatic heterocycles. The number of anilines is 1. The summed E-state index contributed by atoms with van der Waals surface area (Å²) in [6.07, 6.45) is 8.79. The number of benzene rings is 1. The zero-order valence-corrected chi connectivity index (χ0v) is 16.9. The van der Waals surface area contributed by atoms with Gasteiger partial charge in [-0.05, 0) is 69.9 Å². The summed E-state index contributed by atoms with van der Waals surface area (Å²) in [5.41, 5.74) is 3.81. The van der Waals surface area contributed by atoms with Gasteiger partial charge in [-0.25, -0.2) is 0 Å². The highest BCUT2D eigenvalue weighted by Gasteiger charge is 2.20. The van der Waals surface area contributed by atoms with E-state index in [1.165, 1.54) is 81.5 Å². The normalized spacial score (nSPS) is 15.9. The minimum Gasteiger partial charge on any atom is -0.371 e. The summed E-state index contributed by atoms with van der Waals surface area (Å²) < 4.78 is 0. The van der Waals surface area contributed by atoms with Crippen molar-refractivity contribution in [3.8, 4) is 0 Å². The molecular formula is C23H35N3. The third kappa shape index (κ3) is 4.76. The van der Waals surface area contributed by atoms with Gasteiger partial charge < -0.3 is 9.80 Å². The van der Waals surface area contributed by atoms with Gasteiger partial charge in [0.15, 0.2) is 0 Å².